The molecule has 0 spiro atoms. The number of aromatic nitrogens is 3. The van der Waals surface area contributed by atoms with Crippen LogP contribution in [-0.4, -0.2) is 58.6 Å². The molecule has 1 aromatic carbocycles. The lowest BCUT2D eigenvalue weighted by Crippen LogP contribution is -2.44. The van der Waals surface area contributed by atoms with Crippen molar-refractivity contribution in [1.82, 2.24) is 19.5 Å². The third kappa shape index (κ3) is 4.89. The smallest absolute Gasteiger partial charge is 0.330 e. The third-order valence-electron chi connectivity index (χ3n) is 7.88. The van der Waals surface area contributed by atoms with E-state index in [9.17, 15) is 30.8 Å². The summed E-state index contributed by atoms with van der Waals surface area (Å²) in [6.07, 6.45) is -3.09. The van der Waals surface area contributed by atoms with Crippen LogP contribution in [-0.2, 0) is 20.0 Å². The van der Waals surface area contributed by atoms with E-state index in [1.807, 2.05) is 13.8 Å². The number of carbonyl (C=O) groups excluding carboxylic acids is 1. The summed E-state index contributed by atoms with van der Waals surface area (Å²) >= 11 is 0. The summed E-state index contributed by atoms with van der Waals surface area (Å²) in [5, 5.41) is 3.88. The predicted molar refractivity (Wildman–Crippen MR) is 132 cm³/mol. The van der Waals surface area contributed by atoms with Gasteiger partial charge in [0.15, 0.2) is 11.7 Å². The number of carbonyl (C=O) groups is 1. The number of rotatable bonds is 4. The Hall–Kier alpha value is -3.09. The second-order valence-electron chi connectivity index (χ2n) is 11.0. The van der Waals surface area contributed by atoms with E-state index in [0.29, 0.717) is 28.2 Å². The van der Waals surface area contributed by atoms with Gasteiger partial charge in [0.2, 0.25) is 11.9 Å². The van der Waals surface area contributed by atoms with Crippen LogP contribution in [0.1, 0.15) is 67.5 Å². The summed E-state index contributed by atoms with van der Waals surface area (Å²) in [5.74, 6) is -4.35. The summed E-state index contributed by atoms with van der Waals surface area (Å²) < 4.78 is 96.9. The lowest BCUT2D eigenvalue weighted by atomic mass is 9.86. The number of halogens is 5. The standard InChI is InChI=1S/C26H27F5N4O3S/c1-25(2)12-17(18-13-32-21-11-20(28)33-35(21)23(18)25)16-5-4-15(10-19(16)27)22(26(29,30)31)34(3)24(36)14-6-8-39(37,38)9-7-14/h4-5,10-11,13-14,17,22H,6-9,12H2,1-3H3. The summed E-state index contributed by atoms with van der Waals surface area (Å²) in [6.45, 7) is 3.79. The molecule has 0 N–H and O–H groups in total. The van der Waals surface area contributed by atoms with Crippen LogP contribution in [0, 0.1) is 17.7 Å². The van der Waals surface area contributed by atoms with E-state index in [0.717, 1.165) is 19.2 Å². The predicted octanol–water partition coefficient (Wildman–Crippen LogP) is 4.71. The molecule has 7 nitrogen and oxygen atoms in total. The van der Waals surface area contributed by atoms with Crippen LogP contribution in [0.3, 0.4) is 0 Å². The molecule has 1 fully saturated rings. The van der Waals surface area contributed by atoms with Gasteiger partial charge in [-0.3, -0.25) is 4.79 Å². The van der Waals surface area contributed by atoms with Gasteiger partial charge in [0.1, 0.15) is 15.7 Å². The van der Waals surface area contributed by atoms with Crippen LogP contribution in [0.15, 0.2) is 30.5 Å². The normalized spacial score (nSPS) is 21.6. The van der Waals surface area contributed by atoms with Crippen LogP contribution in [0.4, 0.5) is 22.0 Å². The Morgan fingerprint density at radius 3 is 2.41 bits per heavy atom. The molecule has 3 aromatic rings. The van der Waals surface area contributed by atoms with E-state index in [1.54, 1.807) is 0 Å². The van der Waals surface area contributed by atoms with Crippen molar-refractivity contribution in [3.8, 4) is 0 Å². The van der Waals surface area contributed by atoms with E-state index in [-0.39, 0.29) is 29.9 Å². The van der Waals surface area contributed by atoms with E-state index in [4.69, 9.17) is 0 Å². The Morgan fingerprint density at radius 1 is 1.13 bits per heavy atom. The molecule has 1 aliphatic heterocycles. The second kappa shape index (κ2) is 9.24. The summed E-state index contributed by atoms with van der Waals surface area (Å²) in [5.41, 5.74) is 0.716. The maximum atomic E-state index is 15.6. The number of alkyl halides is 3. The van der Waals surface area contributed by atoms with Crippen molar-refractivity contribution in [2.75, 3.05) is 18.6 Å². The van der Waals surface area contributed by atoms with Gasteiger partial charge >= 0.3 is 6.18 Å². The minimum Gasteiger partial charge on any atom is -0.330 e. The highest BCUT2D eigenvalue weighted by atomic mass is 32.2. The first-order valence-electron chi connectivity index (χ1n) is 12.5. The molecule has 13 heteroatoms. The lowest BCUT2D eigenvalue weighted by Gasteiger charge is -2.34. The quantitative estimate of drug-likeness (QED) is 0.425. The van der Waals surface area contributed by atoms with Gasteiger partial charge in [0.05, 0.1) is 17.2 Å². The number of benzene rings is 1. The molecule has 1 amide bonds. The van der Waals surface area contributed by atoms with Gasteiger partial charge in [-0.1, -0.05) is 26.0 Å². The molecule has 0 bridgehead atoms. The van der Waals surface area contributed by atoms with Crippen molar-refractivity contribution >= 4 is 21.4 Å². The molecule has 0 saturated carbocycles. The Morgan fingerprint density at radius 2 is 1.79 bits per heavy atom. The molecule has 210 valence electrons. The highest BCUT2D eigenvalue weighted by molar-refractivity contribution is 7.91. The largest absolute Gasteiger partial charge is 0.413 e. The van der Waals surface area contributed by atoms with Crippen LogP contribution in [0.5, 0.6) is 0 Å². The van der Waals surface area contributed by atoms with Crippen molar-refractivity contribution in [2.45, 2.75) is 56.7 Å². The SMILES string of the molecule is CN(C(=O)C1CCS(=O)(=O)CC1)C(c1ccc(C2CC(C)(C)c3c2cnc2cc(F)nn32)c(F)c1)C(F)(F)F. The van der Waals surface area contributed by atoms with Gasteiger partial charge in [-0.05, 0) is 36.5 Å². The van der Waals surface area contributed by atoms with Crippen molar-refractivity contribution in [3.05, 3.63) is 64.6 Å². The Bertz CT molecular complexity index is 1550. The molecule has 0 radical (unpaired) electrons. The van der Waals surface area contributed by atoms with Gasteiger partial charge in [0, 0.05) is 42.1 Å². The van der Waals surface area contributed by atoms with E-state index in [1.165, 1.54) is 22.8 Å². The summed E-state index contributed by atoms with van der Waals surface area (Å²) in [4.78, 5) is 17.7. The average Bonchev–Trinajstić information content (AvgIpc) is 3.33. The molecular formula is C26H27F5N4O3S. The maximum Gasteiger partial charge on any atom is 0.413 e. The molecule has 2 atom stereocenters. The molecular weight excluding hydrogens is 543 g/mol. The molecule has 2 aromatic heterocycles. The molecule has 5 rings (SSSR count). The van der Waals surface area contributed by atoms with E-state index >= 15 is 4.39 Å². The zero-order valence-corrected chi connectivity index (χ0v) is 22.3. The fourth-order valence-electron chi connectivity index (χ4n) is 6.03. The third-order valence-corrected chi connectivity index (χ3v) is 9.59. The number of amides is 1. The molecule has 2 aliphatic rings. The zero-order valence-electron chi connectivity index (χ0n) is 21.5. The van der Waals surface area contributed by atoms with Crippen LogP contribution in [0.2, 0.25) is 0 Å². The maximum absolute atomic E-state index is 15.6. The van der Waals surface area contributed by atoms with Gasteiger partial charge < -0.3 is 4.90 Å². The zero-order chi connectivity index (χ0) is 28.5. The fourth-order valence-corrected chi connectivity index (χ4v) is 7.52. The number of sulfone groups is 1. The molecule has 1 aliphatic carbocycles. The summed E-state index contributed by atoms with van der Waals surface area (Å²) in [7, 11) is -2.30. The number of nitrogens with zero attached hydrogens (tertiary/aromatic N) is 4. The van der Waals surface area contributed by atoms with Crippen molar-refractivity contribution in [1.29, 1.82) is 0 Å². The van der Waals surface area contributed by atoms with Crippen LogP contribution >= 0.6 is 0 Å². The second-order valence-corrected chi connectivity index (χ2v) is 13.3. The number of fused-ring (bicyclic) bond motifs is 3. The number of hydrogen-bond donors (Lipinski definition) is 0. The highest BCUT2D eigenvalue weighted by Gasteiger charge is 2.47. The van der Waals surface area contributed by atoms with E-state index < -0.39 is 62.5 Å². The molecule has 3 heterocycles. The van der Waals surface area contributed by atoms with Crippen molar-refractivity contribution in [2.24, 2.45) is 5.92 Å². The first-order chi connectivity index (χ1) is 18.1. The van der Waals surface area contributed by atoms with Gasteiger partial charge in [0.25, 0.3) is 0 Å². The van der Waals surface area contributed by atoms with Gasteiger partial charge in [-0.15, -0.1) is 5.10 Å². The Balaban J connectivity index is 1.48. The Labute approximate surface area is 221 Å². The van der Waals surface area contributed by atoms with Crippen LogP contribution < -0.4 is 0 Å². The Kier molecular flexibility index (Phi) is 6.51. The fraction of sp³-hybridized carbons (Fsp3) is 0.500. The van der Waals surface area contributed by atoms with Crippen molar-refractivity contribution < 1.29 is 35.2 Å². The minimum atomic E-state index is -4.90. The molecule has 39 heavy (non-hydrogen) atoms. The summed E-state index contributed by atoms with van der Waals surface area (Å²) in [6, 6.07) is 2.02. The monoisotopic (exact) mass is 570 g/mol. The van der Waals surface area contributed by atoms with Gasteiger partial charge in [-0.2, -0.15) is 17.6 Å². The highest BCUT2D eigenvalue weighted by Crippen LogP contribution is 2.49. The van der Waals surface area contributed by atoms with Crippen molar-refractivity contribution in [3.63, 3.8) is 0 Å². The first-order valence-corrected chi connectivity index (χ1v) is 14.3. The van der Waals surface area contributed by atoms with Crippen LogP contribution in [0.25, 0.3) is 5.65 Å². The molecule has 2 unspecified atom stereocenters. The average molecular weight is 571 g/mol. The van der Waals surface area contributed by atoms with Gasteiger partial charge in [-0.25, -0.2) is 22.3 Å². The lowest BCUT2D eigenvalue weighted by molar-refractivity contribution is -0.190. The number of hydrogen-bond acceptors (Lipinski definition) is 5. The van der Waals surface area contributed by atoms with E-state index in [2.05, 4.69) is 10.1 Å². The first kappa shape index (κ1) is 27.5. The minimum absolute atomic E-state index is 0.0539. The topological polar surface area (TPSA) is 84.6 Å². The molecule has 1 saturated heterocycles.